The maximum atomic E-state index is 12.7. The Bertz CT molecular complexity index is 789. The van der Waals surface area contributed by atoms with Gasteiger partial charge < -0.3 is 4.90 Å². The molecule has 1 aliphatic rings. The molecule has 6 heteroatoms. The number of nitro groups is 1. The number of para-hydroxylation sites is 1. The molecule has 1 heterocycles. The average Bonchev–Trinajstić information content (AvgIpc) is 2.96. The maximum Gasteiger partial charge on any atom is 0.274 e. The number of rotatable bonds is 5. The second kappa shape index (κ2) is 6.62. The number of hydrogen-bond acceptors (Lipinski definition) is 4. The highest BCUT2D eigenvalue weighted by Crippen LogP contribution is 2.27. The minimum absolute atomic E-state index is 0.0388. The lowest BCUT2D eigenvalue weighted by Gasteiger charge is -2.24. The number of nitrogens with zero attached hydrogens (tertiary/aromatic N) is 2. The molecule has 0 aromatic heterocycles. The highest BCUT2D eigenvalue weighted by Gasteiger charge is 2.37. The van der Waals surface area contributed by atoms with Gasteiger partial charge in [0.15, 0.2) is 5.78 Å². The van der Waals surface area contributed by atoms with Gasteiger partial charge in [0.2, 0.25) is 5.91 Å². The summed E-state index contributed by atoms with van der Waals surface area (Å²) in [5, 5.41) is 11.1. The van der Waals surface area contributed by atoms with E-state index in [4.69, 9.17) is 0 Å². The van der Waals surface area contributed by atoms with Crippen molar-refractivity contribution in [3.05, 3.63) is 75.8 Å². The van der Waals surface area contributed by atoms with Gasteiger partial charge in [0.25, 0.3) is 5.69 Å². The number of hydrogen-bond donors (Lipinski definition) is 0. The Morgan fingerprint density at radius 1 is 1.12 bits per heavy atom. The van der Waals surface area contributed by atoms with Crippen LogP contribution in [0.1, 0.15) is 28.8 Å². The van der Waals surface area contributed by atoms with E-state index >= 15 is 0 Å². The molecule has 0 spiro atoms. The Balaban J connectivity index is 1.87. The number of amides is 1. The Labute approximate surface area is 138 Å². The molecule has 1 saturated heterocycles. The summed E-state index contributed by atoms with van der Waals surface area (Å²) in [5.41, 5.74) is 0.941. The van der Waals surface area contributed by atoms with Gasteiger partial charge in [-0.2, -0.15) is 0 Å². The lowest BCUT2D eigenvalue weighted by Crippen LogP contribution is -2.38. The first-order valence-corrected chi connectivity index (χ1v) is 7.69. The first kappa shape index (κ1) is 15.9. The van der Waals surface area contributed by atoms with Gasteiger partial charge in [0, 0.05) is 23.6 Å². The molecule has 0 saturated carbocycles. The molecule has 0 bridgehead atoms. The summed E-state index contributed by atoms with van der Waals surface area (Å²) in [6, 6.07) is 14.5. The molecule has 2 aromatic carbocycles. The van der Waals surface area contributed by atoms with E-state index in [1.165, 1.54) is 11.0 Å². The van der Waals surface area contributed by atoms with Crippen LogP contribution in [0.15, 0.2) is 54.6 Å². The molecule has 2 aromatic rings. The fraction of sp³-hybridized carbons (Fsp3) is 0.222. The van der Waals surface area contributed by atoms with Crippen LogP contribution in [0.4, 0.5) is 5.69 Å². The third kappa shape index (κ3) is 3.03. The van der Waals surface area contributed by atoms with Crippen LogP contribution in [0.2, 0.25) is 0 Å². The van der Waals surface area contributed by atoms with E-state index in [0.29, 0.717) is 17.5 Å². The van der Waals surface area contributed by atoms with Crippen LogP contribution in [0, 0.1) is 10.1 Å². The summed E-state index contributed by atoms with van der Waals surface area (Å²) in [6.07, 6.45) is 0.719. The van der Waals surface area contributed by atoms with E-state index in [9.17, 15) is 19.7 Å². The molecule has 1 atom stereocenters. The largest absolute Gasteiger partial charge is 0.328 e. The van der Waals surface area contributed by atoms with E-state index < -0.39 is 11.0 Å². The molecule has 0 N–H and O–H groups in total. The molecule has 1 aliphatic heterocycles. The number of Topliss-reactive ketones (excluding diaryl/α,β-unsaturated/α-hetero) is 1. The number of benzene rings is 2. The van der Waals surface area contributed by atoms with Gasteiger partial charge in [-0.25, -0.2) is 0 Å². The van der Waals surface area contributed by atoms with Crippen LogP contribution >= 0.6 is 0 Å². The Hall–Kier alpha value is -3.02. The Morgan fingerprint density at radius 3 is 2.50 bits per heavy atom. The minimum atomic E-state index is -0.570. The monoisotopic (exact) mass is 324 g/mol. The summed E-state index contributed by atoms with van der Waals surface area (Å²) in [4.78, 5) is 37.0. The van der Waals surface area contributed by atoms with Gasteiger partial charge in [-0.3, -0.25) is 19.7 Å². The van der Waals surface area contributed by atoms with Crippen LogP contribution in [0.25, 0.3) is 0 Å². The molecular weight excluding hydrogens is 308 g/mol. The van der Waals surface area contributed by atoms with Crippen molar-refractivity contribution in [3.63, 3.8) is 0 Å². The predicted octanol–water partition coefficient (Wildman–Crippen LogP) is 2.97. The molecule has 6 nitrogen and oxygen atoms in total. The molecule has 1 unspecified atom stereocenters. The fourth-order valence-electron chi connectivity index (χ4n) is 3.01. The van der Waals surface area contributed by atoms with Gasteiger partial charge in [0.05, 0.1) is 17.5 Å². The second-order valence-corrected chi connectivity index (χ2v) is 5.69. The molecule has 0 aliphatic carbocycles. The molecule has 0 radical (unpaired) electrons. The zero-order valence-corrected chi connectivity index (χ0v) is 12.9. The van der Waals surface area contributed by atoms with E-state index in [1.807, 2.05) is 6.07 Å². The zero-order chi connectivity index (χ0) is 17.1. The smallest absolute Gasteiger partial charge is 0.274 e. The maximum absolute atomic E-state index is 12.7. The second-order valence-electron chi connectivity index (χ2n) is 5.69. The standard InChI is InChI=1S/C18H16N2O4/c21-17-11-10-16(18(22)13-6-2-1-3-7-13)19(17)12-14-8-4-5-9-15(14)20(23)24/h1-9,16H,10-12H2. The van der Waals surface area contributed by atoms with Crippen LogP contribution in [-0.2, 0) is 11.3 Å². The van der Waals surface area contributed by atoms with Crippen molar-refractivity contribution in [1.29, 1.82) is 0 Å². The highest BCUT2D eigenvalue weighted by molar-refractivity contribution is 6.03. The topological polar surface area (TPSA) is 80.5 Å². The third-order valence-electron chi connectivity index (χ3n) is 4.22. The van der Waals surface area contributed by atoms with Crippen molar-refractivity contribution in [1.82, 2.24) is 4.90 Å². The van der Waals surface area contributed by atoms with Crippen molar-refractivity contribution in [2.24, 2.45) is 0 Å². The Morgan fingerprint density at radius 2 is 1.79 bits per heavy atom. The first-order valence-electron chi connectivity index (χ1n) is 7.69. The number of likely N-dealkylation sites (tertiary alicyclic amines) is 1. The van der Waals surface area contributed by atoms with Gasteiger partial charge in [0.1, 0.15) is 0 Å². The van der Waals surface area contributed by atoms with Crippen molar-refractivity contribution in [3.8, 4) is 0 Å². The van der Waals surface area contributed by atoms with Crippen LogP contribution in [0.3, 0.4) is 0 Å². The van der Waals surface area contributed by atoms with Crippen molar-refractivity contribution < 1.29 is 14.5 Å². The van der Waals surface area contributed by atoms with Crippen molar-refractivity contribution in [2.45, 2.75) is 25.4 Å². The fourth-order valence-corrected chi connectivity index (χ4v) is 3.01. The van der Waals surface area contributed by atoms with Crippen molar-refractivity contribution in [2.75, 3.05) is 0 Å². The lowest BCUT2D eigenvalue weighted by atomic mass is 10.0. The van der Waals surface area contributed by atoms with E-state index in [-0.39, 0.29) is 30.3 Å². The molecule has 3 rings (SSSR count). The summed E-state index contributed by atoms with van der Waals surface area (Å²) >= 11 is 0. The van der Waals surface area contributed by atoms with Crippen LogP contribution < -0.4 is 0 Å². The highest BCUT2D eigenvalue weighted by atomic mass is 16.6. The van der Waals surface area contributed by atoms with Crippen LogP contribution in [-0.4, -0.2) is 27.6 Å². The van der Waals surface area contributed by atoms with Gasteiger partial charge in [-0.1, -0.05) is 48.5 Å². The summed E-state index contributed by atoms with van der Waals surface area (Å²) in [7, 11) is 0. The summed E-state index contributed by atoms with van der Waals surface area (Å²) in [5.74, 6) is -0.275. The number of ketones is 1. The predicted molar refractivity (Wildman–Crippen MR) is 87.4 cm³/mol. The molecule has 1 fully saturated rings. The van der Waals surface area contributed by atoms with Gasteiger partial charge in [-0.05, 0) is 6.42 Å². The van der Waals surface area contributed by atoms with Gasteiger partial charge in [-0.15, -0.1) is 0 Å². The van der Waals surface area contributed by atoms with Crippen LogP contribution in [0.5, 0.6) is 0 Å². The first-order chi connectivity index (χ1) is 11.6. The normalized spacial score (nSPS) is 17.1. The third-order valence-corrected chi connectivity index (χ3v) is 4.22. The molecule has 1 amide bonds. The number of nitro benzene ring substituents is 1. The van der Waals surface area contributed by atoms with E-state index in [2.05, 4.69) is 0 Å². The molecule has 24 heavy (non-hydrogen) atoms. The zero-order valence-electron chi connectivity index (χ0n) is 12.9. The van der Waals surface area contributed by atoms with E-state index in [0.717, 1.165) is 0 Å². The molecular formula is C18H16N2O4. The summed E-state index contributed by atoms with van der Waals surface area (Å²) in [6.45, 7) is 0.0687. The number of carbonyl (C=O) groups excluding carboxylic acids is 2. The van der Waals surface area contributed by atoms with E-state index in [1.54, 1.807) is 42.5 Å². The Kier molecular flexibility index (Phi) is 4.37. The van der Waals surface area contributed by atoms with Gasteiger partial charge >= 0.3 is 0 Å². The minimum Gasteiger partial charge on any atom is -0.328 e. The van der Waals surface area contributed by atoms with Crippen molar-refractivity contribution >= 4 is 17.4 Å². The summed E-state index contributed by atoms with van der Waals surface area (Å²) < 4.78 is 0. The average molecular weight is 324 g/mol. The SMILES string of the molecule is O=C(c1ccccc1)C1CCC(=O)N1Cc1ccccc1[N+](=O)[O-]. The quantitative estimate of drug-likeness (QED) is 0.481. The lowest BCUT2D eigenvalue weighted by molar-refractivity contribution is -0.385. The number of carbonyl (C=O) groups is 2. The molecule has 122 valence electrons.